The Hall–Kier alpha value is -2.47. The number of benzene rings is 2. The standard InChI is InChI=1S/C20H21F2NO3/c1-25-16-7-2-5-14(11-16)20(24)23-10-4-8-17(12-23)26-13-15-6-3-9-18(21)19(15)22/h2-3,5-7,9,11,17H,4,8,10,12-13H2,1H3/t17-/m0/s1. The van der Waals surface area contributed by atoms with Gasteiger partial charge in [-0.1, -0.05) is 18.2 Å². The SMILES string of the molecule is COc1cccc(C(=O)N2CCC[C@H](OCc3cccc(F)c3F)C2)c1. The molecule has 0 radical (unpaired) electrons. The highest BCUT2D eigenvalue weighted by molar-refractivity contribution is 5.94. The summed E-state index contributed by atoms with van der Waals surface area (Å²) in [5.41, 5.74) is 0.738. The van der Waals surface area contributed by atoms with E-state index in [2.05, 4.69) is 0 Å². The number of likely N-dealkylation sites (tertiary alicyclic amines) is 1. The number of halogens is 2. The maximum atomic E-state index is 13.7. The summed E-state index contributed by atoms with van der Waals surface area (Å²) < 4.78 is 37.9. The molecule has 4 nitrogen and oxygen atoms in total. The molecule has 0 spiro atoms. The molecule has 2 aromatic carbocycles. The molecule has 0 N–H and O–H groups in total. The second-order valence-electron chi connectivity index (χ2n) is 6.27. The zero-order valence-corrected chi connectivity index (χ0v) is 14.6. The van der Waals surface area contributed by atoms with Crippen LogP contribution in [0.2, 0.25) is 0 Å². The molecule has 2 aromatic rings. The lowest BCUT2D eigenvalue weighted by molar-refractivity contribution is -0.00777. The van der Waals surface area contributed by atoms with E-state index in [9.17, 15) is 13.6 Å². The number of hydrogen-bond donors (Lipinski definition) is 0. The first-order valence-electron chi connectivity index (χ1n) is 8.56. The minimum Gasteiger partial charge on any atom is -0.497 e. The molecule has 1 saturated heterocycles. The van der Waals surface area contributed by atoms with Crippen molar-refractivity contribution >= 4 is 5.91 Å². The maximum absolute atomic E-state index is 13.7. The molecule has 1 aliphatic rings. The number of hydrogen-bond acceptors (Lipinski definition) is 3. The Kier molecular flexibility index (Phi) is 5.83. The first-order valence-corrected chi connectivity index (χ1v) is 8.56. The van der Waals surface area contributed by atoms with Gasteiger partial charge in [0.15, 0.2) is 11.6 Å². The van der Waals surface area contributed by atoms with Crippen LogP contribution in [0.3, 0.4) is 0 Å². The molecule has 0 saturated carbocycles. The molecule has 0 unspecified atom stereocenters. The van der Waals surface area contributed by atoms with E-state index in [4.69, 9.17) is 9.47 Å². The number of amides is 1. The zero-order valence-electron chi connectivity index (χ0n) is 14.6. The van der Waals surface area contributed by atoms with Crippen molar-refractivity contribution in [3.05, 3.63) is 65.2 Å². The first-order chi connectivity index (χ1) is 12.6. The van der Waals surface area contributed by atoms with Gasteiger partial charge in [-0.15, -0.1) is 0 Å². The van der Waals surface area contributed by atoms with Crippen molar-refractivity contribution in [3.8, 4) is 5.75 Å². The molecule has 1 aliphatic heterocycles. The third-order valence-corrected chi connectivity index (χ3v) is 4.49. The van der Waals surface area contributed by atoms with E-state index in [0.717, 1.165) is 18.9 Å². The van der Waals surface area contributed by atoms with Crippen LogP contribution in [-0.2, 0) is 11.3 Å². The van der Waals surface area contributed by atoms with Crippen molar-refractivity contribution in [2.45, 2.75) is 25.6 Å². The fourth-order valence-corrected chi connectivity index (χ4v) is 3.06. The molecular weight excluding hydrogens is 340 g/mol. The molecular formula is C20H21F2NO3. The normalized spacial score (nSPS) is 17.2. The van der Waals surface area contributed by atoms with Crippen LogP contribution in [0.15, 0.2) is 42.5 Å². The number of nitrogens with zero attached hydrogens (tertiary/aromatic N) is 1. The molecule has 1 amide bonds. The van der Waals surface area contributed by atoms with Gasteiger partial charge in [-0.25, -0.2) is 8.78 Å². The van der Waals surface area contributed by atoms with Gasteiger partial charge in [-0.3, -0.25) is 4.79 Å². The highest BCUT2D eigenvalue weighted by atomic mass is 19.2. The third-order valence-electron chi connectivity index (χ3n) is 4.49. The fourth-order valence-electron chi connectivity index (χ4n) is 3.06. The number of carbonyl (C=O) groups is 1. The Labute approximate surface area is 151 Å². The smallest absolute Gasteiger partial charge is 0.254 e. The van der Waals surface area contributed by atoms with Crippen LogP contribution in [0.1, 0.15) is 28.8 Å². The highest BCUT2D eigenvalue weighted by Gasteiger charge is 2.25. The van der Waals surface area contributed by atoms with Gasteiger partial charge in [-0.2, -0.15) is 0 Å². The van der Waals surface area contributed by atoms with E-state index in [-0.39, 0.29) is 24.2 Å². The molecule has 26 heavy (non-hydrogen) atoms. The summed E-state index contributed by atoms with van der Waals surface area (Å²) in [5.74, 6) is -1.23. The predicted octanol–water partition coefficient (Wildman–Crippen LogP) is 3.79. The van der Waals surface area contributed by atoms with Crippen LogP contribution in [0.5, 0.6) is 5.75 Å². The minimum atomic E-state index is -0.885. The Morgan fingerprint density at radius 3 is 2.85 bits per heavy atom. The van der Waals surface area contributed by atoms with E-state index in [1.807, 2.05) is 0 Å². The minimum absolute atomic E-state index is 0.0184. The quantitative estimate of drug-likeness (QED) is 0.813. The molecule has 1 fully saturated rings. The largest absolute Gasteiger partial charge is 0.497 e. The summed E-state index contributed by atoms with van der Waals surface area (Å²) in [6.45, 7) is 1.05. The van der Waals surface area contributed by atoms with E-state index in [1.54, 1.807) is 36.3 Å². The van der Waals surface area contributed by atoms with Gasteiger partial charge in [0.05, 0.1) is 19.8 Å². The summed E-state index contributed by atoms with van der Waals surface area (Å²) in [6.07, 6.45) is 1.37. The average Bonchev–Trinajstić information content (AvgIpc) is 2.69. The lowest BCUT2D eigenvalue weighted by Gasteiger charge is -2.32. The van der Waals surface area contributed by atoms with Crippen LogP contribution in [0.25, 0.3) is 0 Å². The summed E-state index contributed by atoms with van der Waals surface area (Å²) in [7, 11) is 1.56. The molecule has 1 heterocycles. The highest BCUT2D eigenvalue weighted by Crippen LogP contribution is 2.20. The van der Waals surface area contributed by atoms with E-state index < -0.39 is 11.6 Å². The Bertz CT molecular complexity index is 781. The molecule has 0 aromatic heterocycles. The third kappa shape index (κ3) is 4.19. The number of methoxy groups -OCH3 is 1. The van der Waals surface area contributed by atoms with Crippen molar-refractivity contribution < 1.29 is 23.0 Å². The van der Waals surface area contributed by atoms with E-state index >= 15 is 0 Å². The second kappa shape index (κ2) is 8.27. The van der Waals surface area contributed by atoms with Crippen LogP contribution >= 0.6 is 0 Å². The average molecular weight is 361 g/mol. The molecule has 3 rings (SSSR count). The lowest BCUT2D eigenvalue weighted by atomic mass is 10.1. The van der Waals surface area contributed by atoms with Crippen LogP contribution < -0.4 is 4.74 Å². The molecule has 0 aliphatic carbocycles. The lowest BCUT2D eigenvalue weighted by Crippen LogP contribution is -2.43. The topological polar surface area (TPSA) is 38.8 Å². The maximum Gasteiger partial charge on any atom is 0.254 e. The van der Waals surface area contributed by atoms with Crippen LogP contribution in [0.4, 0.5) is 8.78 Å². The van der Waals surface area contributed by atoms with Crippen molar-refractivity contribution in [1.82, 2.24) is 4.90 Å². The summed E-state index contributed by atoms with van der Waals surface area (Å²) in [6, 6.07) is 11.0. The van der Waals surface area contributed by atoms with Crippen molar-refractivity contribution in [2.75, 3.05) is 20.2 Å². The van der Waals surface area contributed by atoms with Gasteiger partial charge < -0.3 is 14.4 Å². The summed E-state index contributed by atoms with van der Waals surface area (Å²) in [4.78, 5) is 14.4. The summed E-state index contributed by atoms with van der Waals surface area (Å²) >= 11 is 0. The van der Waals surface area contributed by atoms with Gasteiger partial charge in [0.2, 0.25) is 0 Å². The Balaban J connectivity index is 1.61. The van der Waals surface area contributed by atoms with E-state index in [1.165, 1.54) is 12.1 Å². The molecule has 138 valence electrons. The number of piperidine rings is 1. The molecule has 6 heteroatoms. The first kappa shape index (κ1) is 18.3. The van der Waals surface area contributed by atoms with Crippen molar-refractivity contribution in [2.24, 2.45) is 0 Å². The fraction of sp³-hybridized carbons (Fsp3) is 0.350. The second-order valence-corrected chi connectivity index (χ2v) is 6.27. The summed E-state index contributed by atoms with van der Waals surface area (Å²) in [5, 5.41) is 0. The zero-order chi connectivity index (χ0) is 18.5. The van der Waals surface area contributed by atoms with Crippen molar-refractivity contribution in [1.29, 1.82) is 0 Å². The number of carbonyl (C=O) groups excluding carboxylic acids is 1. The Morgan fingerprint density at radius 2 is 2.04 bits per heavy atom. The van der Waals surface area contributed by atoms with Crippen molar-refractivity contribution in [3.63, 3.8) is 0 Å². The van der Waals surface area contributed by atoms with Gasteiger partial charge in [0.1, 0.15) is 5.75 Å². The van der Waals surface area contributed by atoms with Gasteiger partial charge >= 0.3 is 0 Å². The van der Waals surface area contributed by atoms with Crippen LogP contribution in [0, 0.1) is 11.6 Å². The number of rotatable bonds is 5. The number of ether oxygens (including phenoxy) is 2. The molecule has 0 bridgehead atoms. The van der Waals surface area contributed by atoms with Gasteiger partial charge in [0.25, 0.3) is 5.91 Å². The Morgan fingerprint density at radius 1 is 1.23 bits per heavy atom. The van der Waals surface area contributed by atoms with E-state index in [0.29, 0.717) is 24.4 Å². The molecule has 1 atom stereocenters. The van der Waals surface area contributed by atoms with Gasteiger partial charge in [0, 0.05) is 24.2 Å². The van der Waals surface area contributed by atoms with Gasteiger partial charge in [-0.05, 0) is 37.1 Å². The predicted molar refractivity (Wildman–Crippen MR) is 93.1 cm³/mol. The monoisotopic (exact) mass is 361 g/mol. The van der Waals surface area contributed by atoms with Crippen LogP contribution in [-0.4, -0.2) is 37.1 Å².